The number of halogens is 6. The van der Waals surface area contributed by atoms with E-state index in [0.717, 1.165) is 0 Å². The van der Waals surface area contributed by atoms with E-state index in [1.807, 2.05) is 0 Å². The van der Waals surface area contributed by atoms with Crippen LogP contribution < -0.4 is 11.3 Å². The Morgan fingerprint density at radius 2 is 1.06 bits per heavy atom. The van der Waals surface area contributed by atoms with Crippen molar-refractivity contribution < 1.29 is 43.2 Å². The molecule has 18 heavy (non-hydrogen) atoms. The molecule has 0 rings (SSSR count). The van der Waals surface area contributed by atoms with Crippen LogP contribution in [0.2, 0.25) is 0 Å². The van der Waals surface area contributed by atoms with Crippen LogP contribution in [0.5, 0.6) is 0 Å². The summed E-state index contributed by atoms with van der Waals surface area (Å²) in [6, 6.07) is 0. The molecule has 14 heteroatoms. The number of hydrogen-bond acceptors (Lipinski definition) is 6. The van der Waals surface area contributed by atoms with Crippen molar-refractivity contribution in [2.75, 3.05) is 0 Å². The lowest BCUT2D eigenvalue weighted by Crippen LogP contribution is -2.64. The van der Waals surface area contributed by atoms with E-state index in [2.05, 4.69) is 5.84 Å². The first-order valence-electron chi connectivity index (χ1n) is 3.66. The SMILES string of the molecule is CC(NN)(S(=O)(=O)C(F)(F)F)S(=O)(=O)C(F)(F)F. The van der Waals surface area contributed by atoms with Gasteiger partial charge < -0.3 is 0 Å². The molecule has 0 saturated carbocycles. The van der Waals surface area contributed by atoms with Crippen LogP contribution in [0.15, 0.2) is 0 Å². The Hall–Kier alpha value is -0.600. The fraction of sp³-hybridized carbons (Fsp3) is 1.00. The highest BCUT2D eigenvalue weighted by molar-refractivity contribution is 8.11. The van der Waals surface area contributed by atoms with Crippen LogP contribution in [0.3, 0.4) is 0 Å². The maximum absolute atomic E-state index is 12.1. The zero-order chi connectivity index (χ0) is 15.2. The number of sulfone groups is 2. The van der Waals surface area contributed by atoms with E-state index in [1.54, 1.807) is 0 Å². The summed E-state index contributed by atoms with van der Waals surface area (Å²) in [6.07, 6.45) is 0. The molecule has 0 atom stereocenters. The molecule has 0 amide bonds. The van der Waals surface area contributed by atoms with Gasteiger partial charge in [0.25, 0.3) is 23.9 Å². The minimum Gasteiger partial charge on any atom is -0.269 e. The average molecular weight is 324 g/mol. The Morgan fingerprint density at radius 1 is 0.833 bits per heavy atom. The average Bonchev–Trinajstić information content (AvgIpc) is 2.12. The maximum Gasteiger partial charge on any atom is 0.500 e. The number of alkyl halides is 6. The second-order valence-electron chi connectivity index (χ2n) is 2.99. The number of hydrazine groups is 1. The van der Waals surface area contributed by atoms with Crippen LogP contribution in [0.1, 0.15) is 6.92 Å². The molecule has 0 aromatic rings. The number of rotatable bonds is 3. The second kappa shape index (κ2) is 4.21. The molecule has 6 nitrogen and oxygen atoms in total. The van der Waals surface area contributed by atoms with Crippen LogP contribution in [0, 0.1) is 0 Å². The number of nitrogens with one attached hydrogen (secondary N) is 1. The molecule has 110 valence electrons. The minimum atomic E-state index is -6.77. The molecule has 0 fully saturated rings. The highest BCUT2D eigenvalue weighted by Gasteiger charge is 2.70. The van der Waals surface area contributed by atoms with Gasteiger partial charge in [-0.25, -0.2) is 22.3 Å². The van der Waals surface area contributed by atoms with Gasteiger partial charge in [0, 0.05) is 0 Å². The molecule has 0 aromatic carbocycles. The molecule has 3 N–H and O–H groups in total. The van der Waals surface area contributed by atoms with Gasteiger partial charge in [-0.3, -0.25) is 5.84 Å². The summed E-state index contributed by atoms with van der Waals surface area (Å²) in [5.74, 6) is 4.26. The van der Waals surface area contributed by atoms with Gasteiger partial charge in [-0.05, 0) is 6.92 Å². The predicted octanol–water partition coefficient (Wildman–Crippen LogP) is -0.00740. The lowest BCUT2D eigenvalue weighted by atomic mass is 10.8. The van der Waals surface area contributed by atoms with Gasteiger partial charge in [-0.2, -0.15) is 26.3 Å². The summed E-state index contributed by atoms with van der Waals surface area (Å²) >= 11 is 0. The van der Waals surface area contributed by atoms with Gasteiger partial charge in [-0.1, -0.05) is 0 Å². The van der Waals surface area contributed by atoms with E-state index in [0.29, 0.717) is 5.43 Å². The van der Waals surface area contributed by atoms with Crippen molar-refractivity contribution in [3.63, 3.8) is 0 Å². The molecule has 0 aliphatic rings. The van der Waals surface area contributed by atoms with Gasteiger partial charge in [0.1, 0.15) is 0 Å². The van der Waals surface area contributed by atoms with Gasteiger partial charge in [0.05, 0.1) is 0 Å². The molecular formula is C4H6F6N2O4S2. The number of nitrogens with two attached hydrogens (primary N) is 1. The van der Waals surface area contributed by atoms with E-state index in [-0.39, 0.29) is 6.92 Å². The van der Waals surface area contributed by atoms with Crippen molar-refractivity contribution in [3.8, 4) is 0 Å². The first-order chi connectivity index (χ1) is 7.56. The molecule has 0 aliphatic heterocycles. The molecule has 0 saturated heterocycles. The third-order valence-electron chi connectivity index (χ3n) is 1.90. The van der Waals surface area contributed by atoms with Crippen LogP contribution >= 0.6 is 0 Å². The second-order valence-corrected chi connectivity index (χ2v) is 7.82. The lowest BCUT2D eigenvalue weighted by Gasteiger charge is -2.29. The highest BCUT2D eigenvalue weighted by atomic mass is 32.3. The summed E-state index contributed by atoms with van der Waals surface area (Å²) in [4.78, 5) is 0. The van der Waals surface area contributed by atoms with E-state index in [4.69, 9.17) is 0 Å². The molecular weight excluding hydrogens is 318 g/mol. The minimum absolute atomic E-state index is 0.349. The molecule has 0 aliphatic carbocycles. The molecule has 0 heterocycles. The first-order valence-corrected chi connectivity index (χ1v) is 6.62. The Morgan fingerprint density at radius 3 is 1.17 bits per heavy atom. The monoisotopic (exact) mass is 324 g/mol. The third kappa shape index (κ3) is 2.17. The van der Waals surface area contributed by atoms with Crippen LogP contribution in [0.4, 0.5) is 26.3 Å². The van der Waals surface area contributed by atoms with Gasteiger partial charge >= 0.3 is 11.0 Å². The van der Waals surface area contributed by atoms with Crippen molar-refractivity contribution in [2.24, 2.45) is 5.84 Å². The van der Waals surface area contributed by atoms with Gasteiger partial charge in [-0.15, -0.1) is 0 Å². The normalized spacial score (nSPS) is 15.8. The Labute approximate surface area is 96.9 Å². The van der Waals surface area contributed by atoms with Gasteiger partial charge in [0.2, 0.25) is 0 Å². The van der Waals surface area contributed by atoms with Gasteiger partial charge in [0.15, 0.2) is 0 Å². The quantitative estimate of drug-likeness (QED) is 0.430. The third-order valence-corrected chi connectivity index (χ3v) is 6.72. The van der Waals surface area contributed by atoms with E-state index in [9.17, 15) is 43.2 Å². The zero-order valence-corrected chi connectivity index (χ0v) is 9.93. The predicted molar refractivity (Wildman–Crippen MR) is 45.7 cm³/mol. The van der Waals surface area contributed by atoms with Crippen molar-refractivity contribution >= 4 is 19.7 Å². The molecule has 0 unspecified atom stereocenters. The lowest BCUT2D eigenvalue weighted by molar-refractivity contribution is -0.0496. The van der Waals surface area contributed by atoms with E-state index < -0.39 is 34.9 Å². The van der Waals surface area contributed by atoms with Crippen LogP contribution in [-0.4, -0.2) is 32.1 Å². The topological polar surface area (TPSA) is 106 Å². The Bertz CT molecular complexity index is 473. The van der Waals surface area contributed by atoms with Crippen LogP contribution in [-0.2, 0) is 19.7 Å². The van der Waals surface area contributed by atoms with E-state index >= 15 is 0 Å². The van der Waals surface area contributed by atoms with Crippen LogP contribution in [0.25, 0.3) is 0 Å². The summed E-state index contributed by atoms with van der Waals surface area (Å²) in [7, 11) is -13.5. The molecule has 0 bridgehead atoms. The van der Waals surface area contributed by atoms with Crippen molar-refractivity contribution in [1.82, 2.24) is 5.43 Å². The number of hydrogen-bond donors (Lipinski definition) is 2. The summed E-state index contributed by atoms with van der Waals surface area (Å²) in [5, 5.41) is 0. The summed E-state index contributed by atoms with van der Waals surface area (Å²) in [6.45, 7) is -0.349. The zero-order valence-electron chi connectivity index (χ0n) is 8.29. The Balaban J connectivity index is 6.35. The fourth-order valence-corrected chi connectivity index (χ4v) is 3.66. The largest absolute Gasteiger partial charge is 0.500 e. The highest BCUT2D eigenvalue weighted by Crippen LogP contribution is 2.41. The maximum atomic E-state index is 12.1. The van der Waals surface area contributed by atoms with Crippen molar-refractivity contribution in [2.45, 2.75) is 22.1 Å². The summed E-state index contributed by atoms with van der Waals surface area (Å²) < 4.78 is 112. The Kier molecular flexibility index (Phi) is 4.07. The van der Waals surface area contributed by atoms with E-state index in [1.165, 1.54) is 0 Å². The summed E-state index contributed by atoms with van der Waals surface area (Å²) in [5.41, 5.74) is -11.9. The van der Waals surface area contributed by atoms with Crippen molar-refractivity contribution in [1.29, 1.82) is 0 Å². The molecule has 0 aromatic heterocycles. The molecule has 0 radical (unpaired) electrons. The standard InChI is InChI=1S/C4H6F6N2O4S2/c1-2(12-11,17(13,14)3(5,6)7)18(15,16)4(8,9)10/h12H,11H2,1H3. The molecule has 0 spiro atoms. The van der Waals surface area contributed by atoms with Crippen molar-refractivity contribution in [3.05, 3.63) is 0 Å². The fourth-order valence-electron chi connectivity index (χ4n) is 0.741. The first kappa shape index (κ1) is 17.4. The smallest absolute Gasteiger partial charge is 0.269 e.